The maximum absolute atomic E-state index is 12.6. The van der Waals surface area contributed by atoms with E-state index in [0.29, 0.717) is 5.56 Å². The molecule has 2 N–H and O–H groups in total. The van der Waals surface area contributed by atoms with E-state index in [1.807, 2.05) is 36.4 Å². The van der Waals surface area contributed by atoms with Gasteiger partial charge in [-0.25, -0.2) is 4.98 Å². The Hall–Kier alpha value is -1.37. The minimum atomic E-state index is -0.0149. The van der Waals surface area contributed by atoms with Crippen LogP contribution in [0.25, 0.3) is 0 Å². The molecule has 0 saturated carbocycles. The maximum Gasteiger partial charge on any atom is 0.252 e. The molecule has 4 nitrogen and oxygen atoms in total. The zero-order valence-corrected chi connectivity index (χ0v) is 15.0. The van der Waals surface area contributed by atoms with Gasteiger partial charge in [0.2, 0.25) is 0 Å². The molecule has 1 unspecified atom stereocenters. The zero-order valence-electron chi connectivity index (χ0n) is 12.6. The third kappa shape index (κ3) is 4.56. The average Bonchev–Trinajstić information content (AvgIpc) is 2.58. The van der Waals surface area contributed by atoms with Crippen LogP contribution in [0.3, 0.4) is 0 Å². The van der Waals surface area contributed by atoms with Crippen LogP contribution in [0.4, 0.5) is 0 Å². The first kappa shape index (κ1) is 16.5. The lowest BCUT2D eigenvalue weighted by atomic mass is 10.1. The summed E-state index contributed by atoms with van der Waals surface area (Å²) >= 11 is 4.89. The molecule has 23 heavy (non-hydrogen) atoms. The van der Waals surface area contributed by atoms with Gasteiger partial charge in [-0.1, -0.05) is 23.9 Å². The number of rotatable bonds is 4. The first-order valence-corrected chi connectivity index (χ1v) is 9.23. The SMILES string of the molecule is O=C(NC1CCCNC1)c1ccccc1Sc1ccc(Br)cn1. The Labute approximate surface area is 148 Å². The molecule has 0 aliphatic carbocycles. The molecule has 1 saturated heterocycles. The van der Waals surface area contributed by atoms with Crippen molar-refractivity contribution in [3.8, 4) is 0 Å². The summed E-state index contributed by atoms with van der Waals surface area (Å²) in [6.45, 7) is 1.88. The highest BCUT2D eigenvalue weighted by Gasteiger charge is 2.18. The molecule has 1 atom stereocenters. The number of pyridine rings is 1. The van der Waals surface area contributed by atoms with Crippen LogP contribution >= 0.6 is 27.7 Å². The van der Waals surface area contributed by atoms with Gasteiger partial charge in [0, 0.05) is 28.2 Å². The van der Waals surface area contributed by atoms with Gasteiger partial charge in [0.05, 0.1) is 5.56 Å². The van der Waals surface area contributed by atoms with Crippen molar-refractivity contribution < 1.29 is 4.79 Å². The van der Waals surface area contributed by atoms with Crippen molar-refractivity contribution in [1.82, 2.24) is 15.6 Å². The van der Waals surface area contributed by atoms with Crippen molar-refractivity contribution in [3.05, 3.63) is 52.6 Å². The van der Waals surface area contributed by atoms with E-state index in [1.165, 1.54) is 11.8 Å². The molecule has 6 heteroatoms. The molecule has 0 radical (unpaired) electrons. The van der Waals surface area contributed by atoms with Crippen molar-refractivity contribution in [2.75, 3.05) is 13.1 Å². The molecule has 1 aromatic heterocycles. The molecule has 120 valence electrons. The lowest BCUT2D eigenvalue weighted by molar-refractivity contribution is 0.0927. The molecule has 1 fully saturated rings. The number of carbonyl (C=O) groups excluding carboxylic acids is 1. The van der Waals surface area contributed by atoms with Crippen LogP contribution in [0.1, 0.15) is 23.2 Å². The number of amides is 1. The van der Waals surface area contributed by atoms with E-state index in [9.17, 15) is 4.79 Å². The van der Waals surface area contributed by atoms with E-state index < -0.39 is 0 Å². The normalized spacial score (nSPS) is 17.7. The molecule has 1 aliphatic heterocycles. The molecule has 0 spiro atoms. The van der Waals surface area contributed by atoms with Gasteiger partial charge in [-0.2, -0.15) is 0 Å². The lowest BCUT2D eigenvalue weighted by Crippen LogP contribution is -2.45. The molecule has 1 amide bonds. The van der Waals surface area contributed by atoms with E-state index in [-0.39, 0.29) is 11.9 Å². The lowest BCUT2D eigenvalue weighted by Gasteiger charge is -2.24. The van der Waals surface area contributed by atoms with Gasteiger partial charge in [0.25, 0.3) is 5.91 Å². The van der Waals surface area contributed by atoms with Crippen LogP contribution in [0.5, 0.6) is 0 Å². The number of hydrogen-bond acceptors (Lipinski definition) is 4. The molecule has 0 bridgehead atoms. The third-order valence-corrected chi connectivity index (χ3v) is 5.17. The van der Waals surface area contributed by atoms with E-state index in [4.69, 9.17) is 0 Å². The molecule has 2 aromatic rings. The Balaban J connectivity index is 1.74. The summed E-state index contributed by atoms with van der Waals surface area (Å²) < 4.78 is 0.942. The van der Waals surface area contributed by atoms with E-state index >= 15 is 0 Å². The molecular formula is C17H18BrN3OS. The molecule has 1 aromatic carbocycles. The smallest absolute Gasteiger partial charge is 0.252 e. The quantitative estimate of drug-likeness (QED) is 0.837. The van der Waals surface area contributed by atoms with Crippen molar-refractivity contribution in [2.45, 2.75) is 28.8 Å². The minimum absolute atomic E-state index is 0.0149. The van der Waals surface area contributed by atoms with Crippen LogP contribution in [0.2, 0.25) is 0 Å². The number of aromatic nitrogens is 1. The Morgan fingerprint density at radius 2 is 2.17 bits per heavy atom. The zero-order chi connectivity index (χ0) is 16.1. The predicted molar refractivity (Wildman–Crippen MR) is 95.9 cm³/mol. The number of piperidine rings is 1. The first-order chi connectivity index (χ1) is 11.2. The fraction of sp³-hybridized carbons (Fsp3) is 0.294. The number of halogens is 1. The minimum Gasteiger partial charge on any atom is -0.348 e. The number of nitrogens with one attached hydrogen (secondary N) is 2. The molecule has 1 aliphatic rings. The topological polar surface area (TPSA) is 54.0 Å². The second-order valence-corrected chi connectivity index (χ2v) is 7.41. The summed E-state index contributed by atoms with van der Waals surface area (Å²) in [6, 6.07) is 11.8. The van der Waals surface area contributed by atoms with Gasteiger partial charge in [0.15, 0.2) is 0 Å². The van der Waals surface area contributed by atoms with Crippen LogP contribution < -0.4 is 10.6 Å². The number of benzene rings is 1. The number of nitrogens with zero attached hydrogens (tertiary/aromatic N) is 1. The van der Waals surface area contributed by atoms with Crippen molar-refractivity contribution in [3.63, 3.8) is 0 Å². The average molecular weight is 392 g/mol. The second kappa shape index (κ2) is 7.95. The molecule has 2 heterocycles. The Morgan fingerprint density at radius 1 is 1.30 bits per heavy atom. The summed E-state index contributed by atoms with van der Waals surface area (Å²) in [4.78, 5) is 17.9. The van der Waals surface area contributed by atoms with Gasteiger partial charge < -0.3 is 10.6 Å². The van der Waals surface area contributed by atoms with Crippen molar-refractivity contribution in [2.24, 2.45) is 0 Å². The van der Waals surface area contributed by atoms with E-state index in [0.717, 1.165) is 40.3 Å². The highest BCUT2D eigenvalue weighted by molar-refractivity contribution is 9.10. The summed E-state index contributed by atoms with van der Waals surface area (Å²) in [5, 5.41) is 7.31. The maximum atomic E-state index is 12.6. The van der Waals surface area contributed by atoms with E-state index in [1.54, 1.807) is 6.20 Å². The first-order valence-electron chi connectivity index (χ1n) is 7.62. The van der Waals surface area contributed by atoms with Crippen LogP contribution in [-0.2, 0) is 0 Å². The van der Waals surface area contributed by atoms with Gasteiger partial charge in [-0.3, -0.25) is 4.79 Å². The number of hydrogen-bond donors (Lipinski definition) is 2. The van der Waals surface area contributed by atoms with Crippen molar-refractivity contribution in [1.29, 1.82) is 0 Å². The summed E-state index contributed by atoms with van der Waals surface area (Å²) in [5.41, 5.74) is 0.702. The van der Waals surface area contributed by atoms with Gasteiger partial charge >= 0.3 is 0 Å². The fourth-order valence-electron chi connectivity index (χ4n) is 2.52. The summed E-state index contributed by atoms with van der Waals surface area (Å²) in [5.74, 6) is -0.0149. The monoisotopic (exact) mass is 391 g/mol. The Morgan fingerprint density at radius 3 is 2.91 bits per heavy atom. The molecule has 3 rings (SSSR count). The van der Waals surface area contributed by atoms with Gasteiger partial charge in [0.1, 0.15) is 5.03 Å². The summed E-state index contributed by atoms with van der Waals surface area (Å²) in [6.07, 6.45) is 3.89. The Bertz CT molecular complexity index is 672. The third-order valence-electron chi connectivity index (χ3n) is 3.68. The molecular weight excluding hydrogens is 374 g/mol. The largest absolute Gasteiger partial charge is 0.348 e. The highest BCUT2D eigenvalue weighted by Crippen LogP contribution is 2.29. The van der Waals surface area contributed by atoms with Crippen LogP contribution in [0, 0.1) is 0 Å². The standard InChI is InChI=1S/C17H18BrN3OS/c18-12-7-8-16(20-10-12)23-15-6-2-1-5-14(15)17(22)21-13-4-3-9-19-11-13/h1-2,5-8,10,13,19H,3-4,9,11H2,(H,21,22). The number of carbonyl (C=O) groups is 1. The van der Waals surface area contributed by atoms with E-state index in [2.05, 4.69) is 31.5 Å². The second-order valence-electron chi connectivity index (χ2n) is 5.43. The van der Waals surface area contributed by atoms with Gasteiger partial charge in [-0.15, -0.1) is 0 Å². The Kier molecular flexibility index (Phi) is 5.70. The predicted octanol–water partition coefficient (Wildman–Crippen LogP) is 3.48. The van der Waals surface area contributed by atoms with Crippen molar-refractivity contribution >= 4 is 33.6 Å². The van der Waals surface area contributed by atoms with Crippen LogP contribution in [0.15, 0.2) is 57.0 Å². The fourth-order valence-corrected chi connectivity index (χ4v) is 3.64. The highest BCUT2D eigenvalue weighted by atomic mass is 79.9. The van der Waals surface area contributed by atoms with Crippen LogP contribution in [-0.4, -0.2) is 30.0 Å². The van der Waals surface area contributed by atoms with Gasteiger partial charge in [-0.05, 0) is 59.6 Å². The summed E-state index contributed by atoms with van der Waals surface area (Å²) in [7, 11) is 0.